The topological polar surface area (TPSA) is 38.5 Å². The Kier molecular flexibility index (Phi) is 5.43. The zero-order chi connectivity index (χ0) is 10.5. The first-order valence-corrected chi connectivity index (χ1v) is 5.56. The maximum atomic E-state index is 5.78. The zero-order valence-corrected chi connectivity index (χ0v) is 10.2. The lowest BCUT2D eigenvalue weighted by Crippen LogP contribution is -2.25. The first-order valence-electron chi connectivity index (χ1n) is 5.56. The van der Waals surface area contributed by atoms with E-state index in [0.717, 1.165) is 24.6 Å². The number of halogens is 1. The lowest BCUT2D eigenvalue weighted by Gasteiger charge is -2.15. The molecule has 1 aliphatic rings. The smallest absolute Gasteiger partial charge is 0.142 e. The largest absolute Gasteiger partial charge is 0.490 e. The monoisotopic (exact) mass is 242 g/mol. The molecule has 1 heterocycles. The summed E-state index contributed by atoms with van der Waals surface area (Å²) in [6.45, 7) is 4.17. The number of benzene rings is 1. The summed E-state index contributed by atoms with van der Waals surface area (Å²) in [5.41, 5.74) is 6.50. The average molecular weight is 243 g/mol. The van der Waals surface area contributed by atoms with E-state index in [4.69, 9.17) is 10.5 Å². The van der Waals surface area contributed by atoms with E-state index in [1.54, 1.807) is 0 Å². The van der Waals surface area contributed by atoms with Gasteiger partial charge in [-0.3, -0.25) is 4.90 Å². The summed E-state index contributed by atoms with van der Waals surface area (Å²) < 4.78 is 5.63. The molecule has 2 N–H and O–H groups in total. The highest BCUT2D eigenvalue weighted by atomic mass is 35.5. The van der Waals surface area contributed by atoms with Crippen molar-refractivity contribution in [2.24, 2.45) is 0 Å². The van der Waals surface area contributed by atoms with Gasteiger partial charge < -0.3 is 10.5 Å². The second kappa shape index (κ2) is 6.61. The summed E-state index contributed by atoms with van der Waals surface area (Å²) in [6, 6.07) is 7.65. The van der Waals surface area contributed by atoms with Gasteiger partial charge in [0.15, 0.2) is 0 Å². The lowest BCUT2D eigenvalue weighted by atomic mass is 10.3. The van der Waals surface area contributed by atoms with E-state index in [1.165, 1.54) is 25.9 Å². The highest BCUT2D eigenvalue weighted by Crippen LogP contribution is 2.19. The minimum Gasteiger partial charge on any atom is -0.490 e. The molecule has 0 radical (unpaired) electrons. The van der Waals surface area contributed by atoms with E-state index in [2.05, 4.69) is 4.90 Å². The molecule has 0 spiro atoms. The number of hydrogen-bond donors (Lipinski definition) is 1. The Morgan fingerprint density at radius 1 is 1.19 bits per heavy atom. The van der Waals surface area contributed by atoms with Crippen LogP contribution in [0, 0.1) is 0 Å². The van der Waals surface area contributed by atoms with Crippen molar-refractivity contribution in [3.05, 3.63) is 24.3 Å². The van der Waals surface area contributed by atoms with Crippen molar-refractivity contribution in [2.75, 3.05) is 32.0 Å². The molecular weight excluding hydrogens is 224 g/mol. The molecule has 16 heavy (non-hydrogen) atoms. The number of anilines is 1. The predicted octanol–water partition coefficient (Wildman–Crippen LogP) is 2.17. The van der Waals surface area contributed by atoms with Crippen LogP contribution >= 0.6 is 12.4 Å². The van der Waals surface area contributed by atoms with Crippen LogP contribution in [0.1, 0.15) is 12.8 Å². The van der Waals surface area contributed by atoms with Gasteiger partial charge in [-0.1, -0.05) is 12.1 Å². The number of ether oxygens (including phenoxy) is 1. The fraction of sp³-hybridized carbons (Fsp3) is 0.500. The standard InChI is InChI=1S/C12H18N2O.ClH/c13-11-5-1-2-6-12(11)15-10-9-14-7-3-4-8-14;/h1-2,5-6H,3-4,7-10,13H2;1H. The first-order chi connectivity index (χ1) is 7.36. The molecule has 1 aromatic rings. The fourth-order valence-electron chi connectivity index (χ4n) is 1.90. The molecule has 4 heteroatoms. The summed E-state index contributed by atoms with van der Waals surface area (Å²) >= 11 is 0. The number of nitrogen functional groups attached to an aromatic ring is 1. The second-order valence-corrected chi connectivity index (χ2v) is 3.94. The van der Waals surface area contributed by atoms with Crippen molar-refractivity contribution >= 4 is 18.1 Å². The maximum Gasteiger partial charge on any atom is 0.142 e. The van der Waals surface area contributed by atoms with E-state index >= 15 is 0 Å². The minimum absolute atomic E-state index is 0. The van der Waals surface area contributed by atoms with E-state index in [-0.39, 0.29) is 12.4 Å². The maximum absolute atomic E-state index is 5.78. The van der Waals surface area contributed by atoms with Gasteiger partial charge in [0, 0.05) is 6.54 Å². The van der Waals surface area contributed by atoms with E-state index in [0.29, 0.717) is 0 Å². The molecule has 0 aliphatic carbocycles. The number of rotatable bonds is 4. The number of nitrogens with zero attached hydrogens (tertiary/aromatic N) is 1. The third kappa shape index (κ3) is 3.58. The second-order valence-electron chi connectivity index (χ2n) is 3.94. The molecule has 0 amide bonds. The van der Waals surface area contributed by atoms with Gasteiger partial charge in [0.05, 0.1) is 5.69 Å². The van der Waals surface area contributed by atoms with Crippen molar-refractivity contribution in [3.63, 3.8) is 0 Å². The van der Waals surface area contributed by atoms with Crippen LogP contribution in [0.4, 0.5) is 5.69 Å². The van der Waals surface area contributed by atoms with Crippen LogP contribution < -0.4 is 10.5 Å². The fourth-order valence-corrected chi connectivity index (χ4v) is 1.90. The molecule has 1 saturated heterocycles. The third-order valence-corrected chi connectivity index (χ3v) is 2.78. The molecule has 0 bridgehead atoms. The van der Waals surface area contributed by atoms with Crippen molar-refractivity contribution in [2.45, 2.75) is 12.8 Å². The van der Waals surface area contributed by atoms with Crippen LogP contribution in [-0.2, 0) is 0 Å². The van der Waals surface area contributed by atoms with Crippen LogP contribution in [0.3, 0.4) is 0 Å². The number of nitrogens with two attached hydrogens (primary N) is 1. The highest BCUT2D eigenvalue weighted by Gasteiger charge is 2.10. The molecule has 2 rings (SSSR count). The van der Waals surface area contributed by atoms with Crippen LogP contribution in [0.25, 0.3) is 0 Å². The normalized spacial score (nSPS) is 15.8. The van der Waals surface area contributed by atoms with Gasteiger partial charge in [-0.15, -0.1) is 12.4 Å². The molecule has 1 fully saturated rings. The van der Waals surface area contributed by atoms with Crippen molar-refractivity contribution in [1.82, 2.24) is 4.90 Å². The summed E-state index contributed by atoms with van der Waals surface area (Å²) in [6.07, 6.45) is 2.65. The Morgan fingerprint density at radius 3 is 2.56 bits per heavy atom. The van der Waals surface area contributed by atoms with Crippen LogP contribution in [0.5, 0.6) is 5.75 Å². The molecule has 1 aromatic carbocycles. The van der Waals surface area contributed by atoms with Gasteiger partial charge >= 0.3 is 0 Å². The van der Waals surface area contributed by atoms with E-state index in [9.17, 15) is 0 Å². The molecule has 0 atom stereocenters. The molecule has 3 nitrogen and oxygen atoms in total. The summed E-state index contributed by atoms with van der Waals surface area (Å²) in [4.78, 5) is 2.43. The SMILES string of the molecule is Cl.Nc1ccccc1OCCN1CCCC1. The summed E-state index contributed by atoms with van der Waals surface area (Å²) in [7, 11) is 0. The molecule has 0 aromatic heterocycles. The molecule has 1 aliphatic heterocycles. The Labute approximate surface area is 103 Å². The van der Waals surface area contributed by atoms with Gasteiger partial charge in [0.2, 0.25) is 0 Å². The number of likely N-dealkylation sites (tertiary alicyclic amines) is 1. The Balaban J connectivity index is 0.00000128. The zero-order valence-electron chi connectivity index (χ0n) is 9.39. The van der Waals surface area contributed by atoms with Crippen molar-refractivity contribution < 1.29 is 4.74 Å². The quantitative estimate of drug-likeness (QED) is 0.823. The van der Waals surface area contributed by atoms with Crippen molar-refractivity contribution in [3.8, 4) is 5.75 Å². The third-order valence-electron chi connectivity index (χ3n) is 2.78. The van der Waals surface area contributed by atoms with Gasteiger partial charge in [-0.25, -0.2) is 0 Å². The van der Waals surface area contributed by atoms with Crippen LogP contribution in [-0.4, -0.2) is 31.1 Å². The predicted molar refractivity (Wildman–Crippen MR) is 69.3 cm³/mol. The van der Waals surface area contributed by atoms with Crippen LogP contribution in [0.15, 0.2) is 24.3 Å². The molecular formula is C12H19ClN2O. The number of para-hydroxylation sites is 2. The number of hydrogen-bond acceptors (Lipinski definition) is 3. The van der Waals surface area contributed by atoms with E-state index in [1.807, 2.05) is 24.3 Å². The molecule has 0 saturated carbocycles. The molecule has 90 valence electrons. The van der Waals surface area contributed by atoms with Crippen molar-refractivity contribution in [1.29, 1.82) is 0 Å². The lowest BCUT2D eigenvalue weighted by molar-refractivity contribution is 0.238. The minimum atomic E-state index is 0. The average Bonchev–Trinajstić information content (AvgIpc) is 2.74. The summed E-state index contributed by atoms with van der Waals surface area (Å²) in [5, 5.41) is 0. The highest BCUT2D eigenvalue weighted by molar-refractivity contribution is 5.85. The molecule has 0 unspecified atom stereocenters. The van der Waals surface area contributed by atoms with Gasteiger partial charge in [0.25, 0.3) is 0 Å². The van der Waals surface area contributed by atoms with Gasteiger partial charge in [-0.2, -0.15) is 0 Å². The van der Waals surface area contributed by atoms with E-state index < -0.39 is 0 Å². The Bertz CT molecular complexity index is 314. The van der Waals surface area contributed by atoms with Gasteiger partial charge in [0.1, 0.15) is 12.4 Å². The first kappa shape index (κ1) is 13.1. The van der Waals surface area contributed by atoms with Gasteiger partial charge in [-0.05, 0) is 38.1 Å². The Hall–Kier alpha value is -0.930. The summed E-state index contributed by atoms with van der Waals surface area (Å²) in [5.74, 6) is 0.802. The Morgan fingerprint density at radius 2 is 1.88 bits per heavy atom. The van der Waals surface area contributed by atoms with Crippen LogP contribution in [0.2, 0.25) is 0 Å².